The molecule has 106 valence electrons. The quantitative estimate of drug-likeness (QED) is 0.784. The van der Waals surface area contributed by atoms with E-state index in [1.165, 1.54) is 6.26 Å². The third-order valence-electron chi connectivity index (χ3n) is 3.93. The van der Waals surface area contributed by atoms with Crippen LogP contribution < -0.4 is 0 Å². The van der Waals surface area contributed by atoms with Crippen LogP contribution in [0.1, 0.15) is 32.6 Å². The molecule has 6 heteroatoms. The third kappa shape index (κ3) is 4.24. The zero-order chi connectivity index (χ0) is 13.8. The molecule has 1 aliphatic rings. The maximum Gasteiger partial charge on any atom is 0.309 e. The summed E-state index contributed by atoms with van der Waals surface area (Å²) >= 11 is 0. The van der Waals surface area contributed by atoms with Crippen LogP contribution in [0.2, 0.25) is 0 Å². The van der Waals surface area contributed by atoms with Crippen molar-refractivity contribution in [1.29, 1.82) is 0 Å². The zero-order valence-corrected chi connectivity index (χ0v) is 12.0. The average Bonchev–Trinajstić information content (AvgIpc) is 2.28. The molecule has 0 aromatic heterocycles. The van der Waals surface area contributed by atoms with Gasteiger partial charge in [0.15, 0.2) is 0 Å². The molecule has 18 heavy (non-hydrogen) atoms. The Morgan fingerprint density at radius 1 is 1.33 bits per heavy atom. The first-order valence-electron chi connectivity index (χ1n) is 6.42. The maximum absolute atomic E-state index is 11.3. The predicted octanol–water partition coefficient (Wildman–Crippen LogP) is 0.998. The van der Waals surface area contributed by atoms with Crippen LogP contribution in [-0.4, -0.2) is 56.0 Å². The van der Waals surface area contributed by atoms with Gasteiger partial charge >= 0.3 is 5.97 Å². The number of likely N-dealkylation sites (tertiary alicyclic amines) is 1. The van der Waals surface area contributed by atoms with Crippen molar-refractivity contribution in [3.05, 3.63) is 0 Å². The Hall–Kier alpha value is -0.620. The summed E-state index contributed by atoms with van der Waals surface area (Å²) in [4.78, 5) is 13.4. The minimum absolute atomic E-state index is 0.210. The van der Waals surface area contributed by atoms with Gasteiger partial charge in [0.25, 0.3) is 0 Å². The van der Waals surface area contributed by atoms with Crippen LogP contribution in [0.15, 0.2) is 0 Å². The molecular weight excluding hydrogens is 254 g/mol. The van der Waals surface area contributed by atoms with Gasteiger partial charge in [-0.1, -0.05) is 6.92 Å². The summed E-state index contributed by atoms with van der Waals surface area (Å²) in [5.74, 6) is -0.484. The number of piperidine rings is 1. The van der Waals surface area contributed by atoms with Crippen molar-refractivity contribution >= 4 is 15.8 Å². The fourth-order valence-corrected chi connectivity index (χ4v) is 3.13. The number of rotatable bonds is 6. The first-order valence-corrected chi connectivity index (χ1v) is 8.48. The lowest BCUT2D eigenvalue weighted by molar-refractivity contribution is -0.152. The third-order valence-corrected chi connectivity index (χ3v) is 4.96. The SMILES string of the molecule is CCC1(C(=O)O)CCN(CCCS(C)(=O)=O)CC1. The molecule has 1 N–H and O–H groups in total. The molecule has 0 aromatic rings. The van der Waals surface area contributed by atoms with E-state index in [9.17, 15) is 18.3 Å². The lowest BCUT2D eigenvalue weighted by Gasteiger charge is -2.38. The molecule has 0 atom stereocenters. The van der Waals surface area contributed by atoms with Gasteiger partial charge in [0, 0.05) is 6.26 Å². The molecule has 0 amide bonds. The van der Waals surface area contributed by atoms with E-state index in [4.69, 9.17) is 0 Å². The minimum atomic E-state index is -2.89. The van der Waals surface area contributed by atoms with E-state index in [1.54, 1.807) is 0 Å². The van der Waals surface area contributed by atoms with Crippen LogP contribution in [-0.2, 0) is 14.6 Å². The summed E-state index contributed by atoms with van der Waals surface area (Å²) in [5.41, 5.74) is -0.562. The zero-order valence-electron chi connectivity index (χ0n) is 11.2. The largest absolute Gasteiger partial charge is 0.481 e. The van der Waals surface area contributed by atoms with E-state index in [-0.39, 0.29) is 5.75 Å². The Balaban J connectivity index is 2.38. The van der Waals surface area contributed by atoms with E-state index < -0.39 is 21.2 Å². The molecule has 0 bridgehead atoms. The fourth-order valence-electron chi connectivity index (χ4n) is 2.47. The van der Waals surface area contributed by atoms with Gasteiger partial charge in [0.1, 0.15) is 9.84 Å². The van der Waals surface area contributed by atoms with E-state index in [0.717, 1.165) is 19.6 Å². The van der Waals surface area contributed by atoms with Crippen molar-refractivity contribution in [3.8, 4) is 0 Å². The molecule has 1 saturated heterocycles. The van der Waals surface area contributed by atoms with Crippen LogP contribution in [0, 0.1) is 5.41 Å². The van der Waals surface area contributed by atoms with Crippen molar-refractivity contribution in [2.45, 2.75) is 32.6 Å². The van der Waals surface area contributed by atoms with Gasteiger partial charge in [0.05, 0.1) is 11.2 Å². The highest BCUT2D eigenvalue weighted by molar-refractivity contribution is 7.90. The van der Waals surface area contributed by atoms with Crippen molar-refractivity contribution in [3.63, 3.8) is 0 Å². The van der Waals surface area contributed by atoms with Gasteiger partial charge in [-0.2, -0.15) is 0 Å². The summed E-state index contributed by atoms with van der Waals surface area (Å²) in [6.45, 7) is 4.17. The molecule has 5 nitrogen and oxygen atoms in total. The van der Waals surface area contributed by atoms with Gasteiger partial charge < -0.3 is 10.0 Å². The molecular formula is C12H23NO4S. The monoisotopic (exact) mass is 277 g/mol. The molecule has 1 fully saturated rings. The summed E-state index contributed by atoms with van der Waals surface area (Å²) in [7, 11) is -2.89. The van der Waals surface area contributed by atoms with Gasteiger partial charge in [-0.25, -0.2) is 8.42 Å². The van der Waals surface area contributed by atoms with Crippen LogP contribution >= 0.6 is 0 Å². The van der Waals surface area contributed by atoms with Gasteiger partial charge in [-0.05, 0) is 45.3 Å². The van der Waals surface area contributed by atoms with Crippen molar-refractivity contribution in [2.75, 3.05) is 31.6 Å². The molecule has 0 saturated carbocycles. The first-order chi connectivity index (χ1) is 8.29. The second-order valence-corrected chi connectivity index (χ2v) is 7.52. The van der Waals surface area contributed by atoms with E-state index in [1.807, 2.05) is 6.92 Å². The Morgan fingerprint density at radius 2 is 1.89 bits per heavy atom. The number of nitrogens with zero attached hydrogens (tertiary/aromatic N) is 1. The second kappa shape index (κ2) is 6.02. The number of carboxylic acids is 1. The van der Waals surface area contributed by atoms with Crippen molar-refractivity contribution < 1.29 is 18.3 Å². The standard InChI is InChI=1S/C12H23NO4S/c1-3-12(11(14)15)5-8-13(9-6-12)7-4-10-18(2,16)17/h3-10H2,1-2H3,(H,14,15). The van der Waals surface area contributed by atoms with Crippen LogP contribution in [0.25, 0.3) is 0 Å². The highest BCUT2D eigenvalue weighted by Gasteiger charge is 2.39. The molecule has 0 aliphatic carbocycles. The number of aliphatic carboxylic acids is 1. The van der Waals surface area contributed by atoms with Crippen LogP contribution in [0.4, 0.5) is 0 Å². The molecule has 0 unspecified atom stereocenters. The van der Waals surface area contributed by atoms with Crippen molar-refractivity contribution in [2.24, 2.45) is 5.41 Å². The lowest BCUT2D eigenvalue weighted by Crippen LogP contribution is -2.44. The number of carboxylic acid groups (broad SMARTS) is 1. The Labute approximate surface area is 109 Å². The van der Waals surface area contributed by atoms with E-state index >= 15 is 0 Å². The molecule has 1 aliphatic heterocycles. The second-order valence-electron chi connectivity index (χ2n) is 5.26. The van der Waals surface area contributed by atoms with Gasteiger partial charge in [0.2, 0.25) is 0 Å². The lowest BCUT2D eigenvalue weighted by atomic mass is 9.76. The molecule has 1 rings (SSSR count). The first kappa shape index (κ1) is 15.4. The number of sulfone groups is 1. The Bertz CT molecular complexity index is 383. The number of hydrogen-bond acceptors (Lipinski definition) is 4. The summed E-state index contributed by atoms with van der Waals surface area (Å²) < 4.78 is 22.0. The van der Waals surface area contributed by atoms with Crippen LogP contribution in [0.5, 0.6) is 0 Å². The maximum atomic E-state index is 11.3. The minimum Gasteiger partial charge on any atom is -0.481 e. The molecule has 0 aromatic carbocycles. The highest BCUT2D eigenvalue weighted by Crippen LogP contribution is 2.35. The highest BCUT2D eigenvalue weighted by atomic mass is 32.2. The van der Waals surface area contributed by atoms with E-state index in [0.29, 0.717) is 25.7 Å². The van der Waals surface area contributed by atoms with Crippen LogP contribution in [0.3, 0.4) is 0 Å². The molecule has 0 spiro atoms. The Kier molecular flexibility index (Phi) is 5.16. The van der Waals surface area contributed by atoms with Gasteiger partial charge in [-0.15, -0.1) is 0 Å². The molecule has 1 heterocycles. The van der Waals surface area contributed by atoms with Crippen molar-refractivity contribution in [1.82, 2.24) is 4.90 Å². The van der Waals surface area contributed by atoms with Gasteiger partial charge in [-0.3, -0.25) is 4.79 Å². The average molecular weight is 277 g/mol. The number of carbonyl (C=O) groups is 1. The number of hydrogen-bond donors (Lipinski definition) is 1. The predicted molar refractivity (Wildman–Crippen MR) is 70.4 cm³/mol. The summed E-state index contributed by atoms with van der Waals surface area (Å²) in [5, 5.41) is 9.26. The van der Waals surface area contributed by atoms with E-state index in [2.05, 4.69) is 4.90 Å². The Morgan fingerprint density at radius 3 is 2.28 bits per heavy atom. The summed E-state index contributed by atoms with van der Waals surface area (Å²) in [6.07, 6.45) is 3.87. The smallest absolute Gasteiger partial charge is 0.309 e. The summed E-state index contributed by atoms with van der Waals surface area (Å²) in [6, 6.07) is 0. The molecule has 0 radical (unpaired) electrons. The topological polar surface area (TPSA) is 74.7 Å². The normalized spacial score (nSPS) is 20.8. The fraction of sp³-hybridized carbons (Fsp3) is 0.917.